The van der Waals surface area contributed by atoms with Crippen LogP contribution in [-0.2, 0) is 6.42 Å². The van der Waals surface area contributed by atoms with Gasteiger partial charge in [0.1, 0.15) is 5.75 Å². The van der Waals surface area contributed by atoms with Crippen LogP contribution >= 0.6 is 15.9 Å². The Kier molecular flexibility index (Phi) is 4.74. The number of benzene rings is 2. The molecule has 0 aliphatic rings. The fraction of sp³-hybridized carbons (Fsp3) is 0.188. The molecule has 0 heterocycles. The summed E-state index contributed by atoms with van der Waals surface area (Å²) in [7, 11) is 0. The molecule has 0 atom stereocenters. The van der Waals surface area contributed by atoms with Crippen LogP contribution in [0.25, 0.3) is 0 Å². The number of hydrogen-bond donors (Lipinski definition) is 0. The van der Waals surface area contributed by atoms with Crippen molar-refractivity contribution in [3.05, 3.63) is 64.1 Å². The number of carbonyl (C=O) groups excluding carboxylic acids is 1. The van der Waals surface area contributed by atoms with E-state index in [0.717, 1.165) is 17.3 Å². The SMILES string of the molecule is CCCc1ccc(OC(=O)c2ccc(Br)cc2)cc1. The Morgan fingerprint density at radius 3 is 2.26 bits per heavy atom. The molecule has 0 fully saturated rings. The summed E-state index contributed by atoms with van der Waals surface area (Å²) >= 11 is 3.33. The normalized spacial score (nSPS) is 10.2. The first-order chi connectivity index (χ1) is 9.19. The topological polar surface area (TPSA) is 26.3 Å². The largest absolute Gasteiger partial charge is 0.423 e. The summed E-state index contributed by atoms with van der Waals surface area (Å²) in [6.45, 7) is 2.14. The van der Waals surface area contributed by atoms with Gasteiger partial charge in [-0.15, -0.1) is 0 Å². The number of rotatable bonds is 4. The molecule has 98 valence electrons. The van der Waals surface area contributed by atoms with Crippen LogP contribution in [0.1, 0.15) is 29.3 Å². The van der Waals surface area contributed by atoms with Crippen LogP contribution in [0.2, 0.25) is 0 Å². The Balaban J connectivity index is 2.04. The minimum atomic E-state index is -0.337. The second kappa shape index (κ2) is 6.53. The molecule has 19 heavy (non-hydrogen) atoms. The second-order valence-electron chi connectivity index (χ2n) is 4.29. The monoisotopic (exact) mass is 318 g/mol. The van der Waals surface area contributed by atoms with Crippen molar-refractivity contribution >= 4 is 21.9 Å². The molecule has 0 aliphatic heterocycles. The van der Waals surface area contributed by atoms with Crippen molar-refractivity contribution in [3.63, 3.8) is 0 Å². The summed E-state index contributed by atoms with van der Waals surface area (Å²) in [6.07, 6.45) is 2.15. The van der Waals surface area contributed by atoms with Crippen LogP contribution in [0.5, 0.6) is 5.75 Å². The third-order valence-electron chi connectivity index (χ3n) is 2.75. The average molecular weight is 319 g/mol. The van der Waals surface area contributed by atoms with E-state index >= 15 is 0 Å². The lowest BCUT2D eigenvalue weighted by molar-refractivity contribution is 0.0734. The number of esters is 1. The lowest BCUT2D eigenvalue weighted by Crippen LogP contribution is -2.08. The van der Waals surface area contributed by atoms with Gasteiger partial charge in [0.2, 0.25) is 0 Å². The highest BCUT2D eigenvalue weighted by atomic mass is 79.9. The van der Waals surface area contributed by atoms with Crippen LogP contribution in [0.3, 0.4) is 0 Å². The van der Waals surface area contributed by atoms with Gasteiger partial charge in [-0.05, 0) is 48.4 Å². The molecule has 2 rings (SSSR count). The number of ether oxygens (including phenoxy) is 1. The summed E-state index contributed by atoms with van der Waals surface area (Å²) in [6, 6.07) is 14.8. The van der Waals surface area contributed by atoms with E-state index in [1.165, 1.54) is 5.56 Å². The molecule has 0 saturated heterocycles. The highest BCUT2D eigenvalue weighted by Gasteiger charge is 2.08. The Morgan fingerprint density at radius 2 is 1.68 bits per heavy atom. The number of carbonyl (C=O) groups is 1. The fourth-order valence-corrected chi connectivity index (χ4v) is 2.03. The first-order valence-electron chi connectivity index (χ1n) is 6.25. The third kappa shape index (κ3) is 3.93. The second-order valence-corrected chi connectivity index (χ2v) is 5.21. The Bertz CT molecular complexity index is 544. The summed E-state index contributed by atoms with van der Waals surface area (Å²) in [5, 5.41) is 0. The van der Waals surface area contributed by atoms with Gasteiger partial charge in [-0.25, -0.2) is 4.79 Å². The van der Waals surface area contributed by atoms with Crippen LogP contribution in [0.15, 0.2) is 53.0 Å². The first-order valence-corrected chi connectivity index (χ1v) is 7.05. The maximum absolute atomic E-state index is 11.9. The number of halogens is 1. The van der Waals surface area contributed by atoms with Crippen LogP contribution in [-0.4, -0.2) is 5.97 Å². The van der Waals surface area contributed by atoms with E-state index in [-0.39, 0.29) is 5.97 Å². The summed E-state index contributed by atoms with van der Waals surface area (Å²) < 4.78 is 6.26. The van der Waals surface area contributed by atoms with Crippen LogP contribution in [0.4, 0.5) is 0 Å². The van der Waals surface area contributed by atoms with Crippen molar-refractivity contribution in [1.29, 1.82) is 0 Å². The molecule has 0 aromatic heterocycles. The Hall–Kier alpha value is -1.61. The van der Waals surface area contributed by atoms with Crippen LogP contribution in [0, 0.1) is 0 Å². The molecule has 0 bridgehead atoms. The lowest BCUT2D eigenvalue weighted by atomic mass is 10.1. The van der Waals surface area contributed by atoms with Gasteiger partial charge < -0.3 is 4.74 Å². The van der Waals surface area contributed by atoms with Crippen molar-refractivity contribution in [1.82, 2.24) is 0 Å². The molecule has 3 heteroatoms. The molecule has 0 radical (unpaired) electrons. The third-order valence-corrected chi connectivity index (χ3v) is 3.28. The maximum atomic E-state index is 11.9. The number of hydrogen-bond acceptors (Lipinski definition) is 2. The van der Waals surface area contributed by atoms with E-state index in [2.05, 4.69) is 22.9 Å². The van der Waals surface area contributed by atoms with Gasteiger partial charge in [-0.2, -0.15) is 0 Å². The summed E-state index contributed by atoms with van der Waals surface area (Å²) in [4.78, 5) is 11.9. The molecule has 0 amide bonds. The minimum absolute atomic E-state index is 0.337. The smallest absolute Gasteiger partial charge is 0.343 e. The van der Waals surface area contributed by atoms with Gasteiger partial charge in [0.15, 0.2) is 0 Å². The fourth-order valence-electron chi connectivity index (χ4n) is 1.76. The molecule has 0 saturated carbocycles. The quantitative estimate of drug-likeness (QED) is 0.607. The molecule has 2 aromatic rings. The molecule has 2 aromatic carbocycles. The van der Waals surface area contributed by atoms with Gasteiger partial charge in [-0.1, -0.05) is 41.4 Å². The summed E-state index contributed by atoms with van der Waals surface area (Å²) in [5.41, 5.74) is 1.80. The highest BCUT2D eigenvalue weighted by Crippen LogP contribution is 2.16. The van der Waals surface area contributed by atoms with Crippen molar-refractivity contribution < 1.29 is 9.53 Å². The maximum Gasteiger partial charge on any atom is 0.343 e. The van der Waals surface area contributed by atoms with Crippen molar-refractivity contribution in [2.24, 2.45) is 0 Å². The molecule has 0 aliphatic carbocycles. The predicted octanol–water partition coefficient (Wildman–Crippen LogP) is 4.62. The molecule has 0 N–H and O–H groups in total. The van der Waals surface area contributed by atoms with Gasteiger partial charge in [0, 0.05) is 4.47 Å². The minimum Gasteiger partial charge on any atom is -0.423 e. The molecular weight excluding hydrogens is 304 g/mol. The zero-order valence-electron chi connectivity index (χ0n) is 10.7. The van der Waals surface area contributed by atoms with Crippen LogP contribution < -0.4 is 4.74 Å². The lowest BCUT2D eigenvalue weighted by Gasteiger charge is -2.05. The molecular formula is C16H15BrO2. The van der Waals surface area contributed by atoms with Gasteiger partial charge >= 0.3 is 5.97 Å². The predicted molar refractivity (Wildman–Crippen MR) is 79.5 cm³/mol. The van der Waals surface area contributed by atoms with E-state index in [0.29, 0.717) is 11.3 Å². The molecule has 2 nitrogen and oxygen atoms in total. The Labute approximate surface area is 121 Å². The van der Waals surface area contributed by atoms with E-state index in [1.807, 2.05) is 36.4 Å². The van der Waals surface area contributed by atoms with Gasteiger partial charge in [0.05, 0.1) is 5.56 Å². The molecule has 0 unspecified atom stereocenters. The Morgan fingerprint density at radius 1 is 1.05 bits per heavy atom. The van der Waals surface area contributed by atoms with E-state index < -0.39 is 0 Å². The van der Waals surface area contributed by atoms with Gasteiger partial charge in [0.25, 0.3) is 0 Å². The highest BCUT2D eigenvalue weighted by molar-refractivity contribution is 9.10. The van der Waals surface area contributed by atoms with Gasteiger partial charge in [-0.3, -0.25) is 0 Å². The van der Waals surface area contributed by atoms with E-state index in [9.17, 15) is 4.79 Å². The first kappa shape index (κ1) is 13.8. The average Bonchev–Trinajstić information content (AvgIpc) is 2.42. The zero-order chi connectivity index (χ0) is 13.7. The van der Waals surface area contributed by atoms with E-state index in [4.69, 9.17) is 4.74 Å². The zero-order valence-corrected chi connectivity index (χ0v) is 12.3. The van der Waals surface area contributed by atoms with Crippen molar-refractivity contribution in [3.8, 4) is 5.75 Å². The summed E-state index contributed by atoms with van der Waals surface area (Å²) in [5.74, 6) is 0.239. The van der Waals surface area contributed by atoms with E-state index in [1.54, 1.807) is 12.1 Å². The molecule has 0 spiro atoms. The van der Waals surface area contributed by atoms with Crippen molar-refractivity contribution in [2.75, 3.05) is 0 Å². The van der Waals surface area contributed by atoms with Crippen molar-refractivity contribution in [2.45, 2.75) is 19.8 Å². The standard InChI is InChI=1S/C16H15BrO2/c1-2-3-12-4-10-15(11-5-12)19-16(18)13-6-8-14(17)9-7-13/h4-11H,2-3H2,1H3. The number of aryl methyl sites for hydroxylation is 1.